The lowest BCUT2D eigenvalue weighted by Gasteiger charge is -2.32. The maximum Gasteiger partial charge on any atom is 0.401 e. The van der Waals surface area contributed by atoms with Crippen molar-refractivity contribution in [2.24, 2.45) is 10.9 Å². The number of hydrogen-bond donors (Lipinski definition) is 2. The first-order valence-corrected chi connectivity index (χ1v) is 10.5. The molecule has 1 fully saturated rings. The second-order valence-electron chi connectivity index (χ2n) is 6.85. The largest absolute Gasteiger partial charge is 0.401 e. The molecule has 0 aliphatic carbocycles. The molecular weight excluding hydrogens is 519 g/mol. The number of piperidine rings is 1. The topological polar surface area (TPSA) is 39.7 Å². The van der Waals surface area contributed by atoms with E-state index in [9.17, 15) is 17.6 Å². The van der Waals surface area contributed by atoms with Crippen LogP contribution in [0.25, 0.3) is 0 Å². The zero-order chi connectivity index (χ0) is 20.4. The van der Waals surface area contributed by atoms with Crippen LogP contribution >= 0.6 is 35.7 Å². The fourth-order valence-electron chi connectivity index (χ4n) is 3.17. The molecular formula is C19H29F4IN4S. The molecule has 0 unspecified atom stereocenters. The van der Waals surface area contributed by atoms with Gasteiger partial charge in [-0.1, -0.05) is 0 Å². The smallest absolute Gasteiger partial charge is 0.356 e. The van der Waals surface area contributed by atoms with E-state index in [0.717, 1.165) is 43.0 Å². The molecule has 0 bridgehead atoms. The number of halogens is 5. The number of alkyl halides is 3. The number of nitrogens with zero attached hydrogens (tertiary/aromatic N) is 2. The van der Waals surface area contributed by atoms with Crippen molar-refractivity contribution in [2.45, 2.75) is 30.3 Å². The van der Waals surface area contributed by atoms with Crippen LogP contribution < -0.4 is 10.6 Å². The Morgan fingerprint density at radius 2 is 1.76 bits per heavy atom. The molecule has 4 nitrogen and oxygen atoms in total. The average molecular weight is 548 g/mol. The molecule has 10 heteroatoms. The maximum absolute atomic E-state index is 12.9. The number of rotatable bonds is 8. The Hall–Kier alpha value is -0.750. The molecule has 1 aromatic rings. The van der Waals surface area contributed by atoms with Gasteiger partial charge < -0.3 is 10.6 Å². The van der Waals surface area contributed by atoms with Crippen molar-refractivity contribution in [3.8, 4) is 0 Å². The molecule has 29 heavy (non-hydrogen) atoms. The van der Waals surface area contributed by atoms with E-state index in [-0.39, 0.29) is 29.8 Å². The number of aliphatic imine (C=N–C) groups is 1. The van der Waals surface area contributed by atoms with Crippen molar-refractivity contribution in [2.75, 3.05) is 45.5 Å². The lowest BCUT2D eigenvalue weighted by Crippen LogP contribution is -2.42. The summed E-state index contributed by atoms with van der Waals surface area (Å²) in [5.41, 5.74) is 0. The fraction of sp³-hybridized carbons (Fsp3) is 0.632. The molecule has 1 saturated heterocycles. The Kier molecular flexibility index (Phi) is 12.3. The Morgan fingerprint density at radius 1 is 1.14 bits per heavy atom. The lowest BCUT2D eigenvalue weighted by molar-refractivity contribution is -0.148. The van der Waals surface area contributed by atoms with Crippen LogP contribution in [0, 0.1) is 11.7 Å². The average Bonchev–Trinajstić information content (AvgIpc) is 2.65. The molecule has 0 radical (unpaired) electrons. The summed E-state index contributed by atoms with van der Waals surface area (Å²) >= 11 is 1.64. The van der Waals surface area contributed by atoms with E-state index in [0.29, 0.717) is 25.0 Å². The first-order chi connectivity index (χ1) is 13.4. The summed E-state index contributed by atoms with van der Waals surface area (Å²) in [6.07, 6.45) is -1.58. The predicted octanol–water partition coefficient (Wildman–Crippen LogP) is 4.37. The highest BCUT2D eigenvalue weighted by Gasteiger charge is 2.32. The minimum Gasteiger partial charge on any atom is -0.356 e. The van der Waals surface area contributed by atoms with Crippen molar-refractivity contribution >= 4 is 41.7 Å². The second kappa shape index (κ2) is 13.5. The van der Waals surface area contributed by atoms with Crippen molar-refractivity contribution in [1.82, 2.24) is 15.5 Å². The van der Waals surface area contributed by atoms with Crippen molar-refractivity contribution in [1.29, 1.82) is 0 Å². The summed E-state index contributed by atoms with van der Waals surface area (Å²) in [5.74, 6) is 1.75. The Bertz CT molecular complexity index is 605. The van der Waals surface area contributed by atoms with E-state index in [4.69, 9.17) is 0 Å². The molecule has 1 aliphatic rings. The highest BCUT2D eigenvalue weighted by atomic mass is 127. The summed E-state index contributed by atoms with van der Waals surface area (Å²) in [6, 6.07) is 6.41. The van der Waals surface area contributed by atoms with Crippen molar-refractivity contribution in [3.63, 3.8) is 0 Å². The van der Waals surface area contributed by atoms with Gasteiger partial charge in [0.1, 0.15) is 5.82 Å². The number of nitrogens with one attached hydrogen (secondary N) is 2. The van der Waals surface area contributed by atoms with Crippen LogP contribution in [0.1, 0.15) is 19.3 Å². The molecule has 0 atom stereocenters. The van der Waals surface area contributed by atoms with Crippen LogP contribution in [-0.2, 0) is 0 Å². The zero-order valence-electron chi connectivity index (χ0n) is 16.5. The standard InChI is InChI=1S/C19H28F4N4S.HI/c1-24-18(26-10-13-28-17-4-2-16(20)3-5-17)25-9-6-15-7-11-27(12-8-15)14-19(21,22)23;/h2-5,15H,6-14H2,1H3,(H2,24,25,26);1H. The third-order valence-electron chi connectivity index (χ3n) is 4.66. The van der Waals surface area contributed by atoms with Gasteiger partial charge in [-0.2, -0.15) is 13.2 Å². The van der Waals surface area contributed by atoms with Crippen LogP contribution in [0.15, 0.2) is 34.2 Å². The first-order valence-electron chi connectivity index (χ1n) is 9.48. The zero-order valence-corrected chi connectivity index (χ0v) is 19.6. The first kappa shape index (κ1) is 26.3. The van der Waals surface area contributed by atoms with E-state index >= 15 is 0 Å². The number of guanidine groups is 1. The molecule has 1 heterocycles. The third-order valence-corrected chi connectivity index (χ3v) is 5.67. The summed E-state index contributed by atoms with van der Waals surface area (Å²) in [4.78, 5) is 6.69. The van der Waals surface area contributed by atoms with Crippen molar-refractivity contribution in [3.05, 3.63) is 30.1 Å². The Morgan fingerprint density at radius 3 is 2.34 bits per heavy atom. The molecule has 166 valence electrons. The van der Waals surface area contributed by atoms with Gasteiger partial charge >= 0.3 is 6.18 Å². The molecule has 0 amide bonds. The van der Waals surface area contributed by atoms with E-state index in [1.807, 2.05) is 0 Å². The number of benzene rings is 1. The normalized spacial score (nSPS) is 16.4. The quantitative estimate of drug-likeness (QED) is 0.127. The number of thioether (sulfide) groups is 1. The summed E-state index contributed by atoms with van der Waals surface area (Å²) in [6.45, 7) is 1.69. The van der Waals surface area contributed by atoms with Gasteiger partial charge in [-0.05, 0) is 62.5 Å². The van der Waals surface area contributed by atoms with E-state index < -0.39 is 12.7 Å². The molecule has 0 spiro atoms. The van der Waals surface area contributed by atoms with Gasteiger partial charge in [-0.15, -0.1) is 35.7 Å². The summed E-state index contributed by atoms with van der Waals surface area (Å²) < 4.78 is 50.1. The highest BCUT2D eigenvalue weighted by Crippen LogP contribution is 2.24. The minimum absolute atomic E-state index is 0. The van der Waals surface area contributed by atoms with E-state index in [1.165, 1.54) is 17.0 Å². The molecule has 2 rings (SSSR count). The van der Waals surface area contributed by atoms with Crippen LogP contribution in [0.5, 0.6) is 0 Å². The molecule has 0 aromatic heterocycles. The summed E-state index contributed by atoms with van der Waals surface area (Å²) in [5, 5.41) is 6.49. The van der Waals surface area contributed by atoms with E-state index in [2.05, 4.69) is 15.6 Å². The monoisotopic (exact) mass is 548 g/mol. The van der Waals surface area contributed by atoms with Gasteiger partial charge in [0.2, 0.25) is 0 Å². The SMILES string of the molecule is CN=C(NCCSc1ccc(F)cc1)NCCC1CCN(CC(F)(F)F)CC1.I. The van der Waals surface area contributed by atoms with Crippen LogP contribution in [0.3, 0.4) is 0 Å². The Labute approximate surface area is 191 Å². The predicted molar refractivity (Wildman–Crippen MR) is 122 cm³/mol. The molecule has 1 aromatic carbocycles. The van der Waals surface area contributed by atoms with Gasteiger partial charge in [-0.3, -0.25) is 9.89 Å². The van der Waals surface area contributed by atoms with Crippen LogP contribution in [0.4, 0.5) is 17.6 Å². The van der Waals surface area contributed by atoms with E-state index in [1.54, 1.807) is 30.9 Å². The Balaban J connectivity index is 0.00000420. The van der Waals surface area contributed by atoms with Gasteiger partial charge in [0.15, 0.2) is 5.96 Å². The molecule has 1 aliphatic heterocycles. The second-order valence-corrected chi connectivity index (χ2v) is 8.02. The van der Waals surface area contributed by atoms with Gasteiger partial charge in [0.05, 0.1) is 6.54 Å². The van der Waals surface area contributed by atoms with Gasteiger partial charge in [-0.25, -0.2) is 4.39 Å². The van der Waals surface area contributed by atoms with Gasteiger partial charge in [0, 0.05) is 30.8 Å². The lowest BCUT2D eigenvalue weighted by atomic mass is 9.93. The van der Waals surface area contributed by atoms with Crippen LogP contribution in [0.2, 0.25) is 0 Å². The van der Waals surface area contributed by atoms with Crippen molar-refractivity contribution < 1.29 is 17.6 Å². The molecule has 0 saturated carbocycles. The number of likely N-dealkylation sites (tertiary alicyclic amines) is 1. The number of hydrogen-bond acceptors (Lipinski definition) is 3. The van der Waals surface area contributed by atoms with Gasteiger partial charge in [0.25, 0.3) is 0 Å². The maximum atomic E-state index is 12.9. The highest BCUT2D eigenvalue weighted by molar-refractivity contribution is 14.0. The third kappa shape index (κ3) is 11.3. The molecule has 2 N–H and O–H groups in total. The minimum atomic E-state index is -4.11. The summed E-state index contributed by atoms with van der Waals surface area (Å²) in [7, 11) is 1.71. The van der Waals surface area contributed by atoms with Crippen LogP contribution in [-0.4, -0.2) is 62.6 Å². The fourth-order valence-corrected chi connectivity index (χ4v) is 3.94.